The Morgan fingerprint density at radius 2 is 1.81 bits per heavy atom. The van der Waals surface area contributed by atoms with Crippen LogP contribution >= 0.6 is 11.6 Å². The van der Waals surface area contributed by atoms with Gasteiger partial charge in [0.1, 0.15) is 5.75 Å². The highest BCUT2D eigenvalue weighted by Crippen LogP contribution is 2.28. The van der Waals surface area contributed by atoms with E-state index in [0.717, 1.165) is 5.56 Å². The number of hydrogen-bond acceptors (Lipinski definition) is 5. The lowest BCUT2D eigenvalue weighted by atomic mass is 10.2. The molecule has 0 aliphatic carbocycles. The van der Waals surface area contributed by atoms with Crippen LogP contribution in [-0.4, -0.2) is 38.7 Å². The van der Waals surface area contributed by atoms with Crippen LogP contribution in [0.25, 0.3) is 0 Å². The molecule has 0 fully saturated rings. The molecule has 0 aliphatic heterocycles. The van der Waals surface area contributed by atoms with Crippen LogP contribution in [0.15, 0.2) is 36.4 Å². The number of carbonyl (C=O) groups excluding carboxylic acids is 1. The third kappa shape index (κ3) is 4.80. The number of halogens is 1. The van der Waals surface area contributed by atoms with Crippen LogP contribution in [0.5, 0.6) is 17.2 Å². The Balaban J connectivity index is 1.96. The summed E-state index contributed by atoms with van der Waals surface area (Å²) in [4.78, 5) is 13.8. The summed E-state index contributed by atoms with van der Waals surface area (Å²) in [6, 6.07) is 12.1. The van der Waals surface area contributed by atoms with Gasteiger partial charge in [-0.25, -0.2) is 0 Å². The van der Waals surface area contributed by atoms with E-state index in [1.54, 1.807) is 44.4 Å². The van der Waals surface area contributed by atoms with Crippen molar-refractivity contribution < 1.29 is 19.0 Å². The molecule has 26 heavy (non-hydrogen) atoms. The zero-order valence-corrected chi connectivity index (χ0v) is 15.5. The van der Waals surface area contributed by atoms with Gasteiger partial charge in [0.25, 0.3) is 5.91 Å². The zero-order valence-electron chi connectivity index (χ0n) is 14.8. The molecule has 1 amide bonds. The molecule has 2 aromatic rings. The Morgan fingerprint density at radius 3 is 2.42 bits per heavy atom. The number of ether oxygens (including phenoxy) is 3. The number of amides is 1. The van der Waals surface area contributed by atoms with E-state index in [-0.39, 0.29) is 12.5 Å². The molecule has 2 aromatic carbocycles. The Kier molecular flexibility index (Phi) is 6.70. The molecule has 136 valence electrons. The number of hydrogen-bond donors (Lipinski definition) is 0. The molecule has 0 aromatic heterocycles. The molecule has 0 bridgehead atoms. The highest BCUT2D eigenvalue weighted by atomic mass is 35.5. The van der Waals surface area contributed by atoms with Gasteiger partial charge in [-0.05, 0) is 35.9 Å². The van der Waals surface area contributed by atoms with E-state index in [2.05, 4.69) is 0 Å². The molecule has 0 N–H and O–H groups in total. The van der Waals surface area contributed by atoms with Gasteiger partial charge >= 0.3 is 0 Å². The van der Waals surface area contributed by atoms with Gasteiger partial charge < -0.3 is 19.1 Å². The fourth-order valence-electron chi connectivity index (χ4n) is 2.28. The third-order valence-corrected chi connectivity index (χ3v) is 4.00. The third-order valence-electron chi connectivity index (χ3n) is 3.71. The number of methoxy groups -OCH3 is 2. The summed E-state index contributed by atoms with van der Waals surface area (Å²) in [6.45, 7) is 0.235. The quantitative estimate of drug-likeness (QED) is 0.743. The van der Waals surface area contributed by atoms with E-state index in [0.29, 0.717) is 34.4 Å². The maximum Gasteiger partial charge on any atom is 0.260 e. The molecule has 7 heteroatoms. The number of rotatable bonds is 7. The van der Waals surface area contributed by atoms with Crippen molar-refractivity contribution in [1.29, 1.82) is 5.26 Å². The summed E-state index contributed by atoms with van der Waals surface area (Å²) in [5.74, 6) is 1.38. The van der Waals surface area contributed by atoms with Crippen molar-refractivity contribution >= 4 is 17.5 Å². The van der Waals surface area contributed by atoms with Crippen LogP contribution in [0.1, 0.15) is 11.1 Å². The zero-order chi connectivity index (χ0) is 19.1. The normalized spacial score (nSPS) is 9.96. The van der Waals surface area contributed by atoms with Crippen molar-refractivity contribution in [1.82, 2.24) is 4.90 Å². The van der Waals surface area contributed by atoms with Crippen LogP contribution in [0.3, 0.4) is 0 Å². The van der Waals surface area contributed by atoms with Gasteiger partial charge in [-0.3, -0.25) is 4.79 Å². The molecule has 0 heterocycles. The second-order valence-corrected chi connectivity index (χ2v) is 5.89. The number of nitrogens with zero attached hydrogens (tertiary/aromatic N) is 2. The van der Waals surface area contributed by atoms with Gasteiger partial charge in [0, 0.05) is 13.6 Å². The van der Waals surface area contributed by atoms with Crippen LogP contribution in [0, 0.1) is 11.3 Å². The van der Waals surface area contributed by atoms with Gasteiger partial charge in [-0.15, -0.1) is 0 Å². The van der Waals surface area contributed by atoms with Crippen molar-refractivity contribution in [2.75, 3.05) is 27.9 Å². The van der Waals surface area contributed by atoms with Gasteiger partial charge in [0.05, 0.1) is 30.9 Å². The van der Waals surface area contributed by atoms with Crippen molar-refractivity contribution in [2.45, 2.75) is 6.54 Å². The van der Waals surface area contributed by atoms with Crippen molar-refractivity contribution in [3.63, 3.8) is 0 Å². The first kappa shape index (κ1) is 19.4. The lowest BCUT2D eigenvalue weighted by Gasteiger charge is -2.19. The monoisotopic (exact) mass is 374 g/mol. The predicted octanol–water partition coefficient (Wildman–Crippen LogP) is 3.27. The summed E-state index contributed by atoms with van der Waals surface area (Å²) >= 11 is 6.04. The van der Waals surface area contributed by atoms with E-state index < -0.39 is 0 Å². The predicted molar refractivity (Wildman–Crippen MR) is 97.7 cm³/mol. The summed E-state index contributed by atoms with van der Waals surface area (Å²) in [5, 5.41) is 9.12. The summed E-state index contributed by atoms with van der Waals surface area (Å²) < 4.78 is 15.9. The minimum atomic E-state index is -0.208. The highest BCUT2D eigenvalue weighted by molar-refractivity contribution is 6.32. The molecule has 0 unspecified atom stereocenters. The van der Waals surface area contributed by atoms with E-state index in [9.17, 15) is 4.79 Å². The number of carbonyl (C=O) groups is 1. The largest absolute Gasteiger partial charge is 0.493 e. The van der Waals surface area contributed by atoms with Crippen LogP contribution in [-0.2, 0) is 11.3 Å². The Bertz CT molecular complexity index is 833. The molecule has 6 nitrogen and oxygen atoms in total. The van der Waals surface area contributed by atoms with E-state index >= 15 is 0 Å². The fraction of sp³-hybridized carbons (Fsp3) is 0.263. The van der Waals surface area contributed by atoms with E-state index in [1.807, 2.05) is 18.2 Å². The van der Waals surface area contributed by atoms with Gasteiger partial charge in [0.2, 0.25) is 0 Å². The molecule has 0 aliphatic rings. The second kappa shape index (κ2) is 8.97. The minimum Gasteiger partial charge on any atom is -0.493 e. The first-order chi connectivity index (χ1) is 12.5. The Morgan fingerprint density at radius 1 is 1.12 bits per heavy atom. The summed E-state index contributed by atoms with van der Waals surface area (Å²) in [5.41, 5.74) is 1.33. The molecule has 0 atom stereocenters. The standard InChI is InChI=1S/C19H19ClN2O4/c1-22(11-14-5-7-17(24-2)18(9-14)25-3)19(23)12-26-16-6-4-13(10-21)8-15(16)20/h4-9H,11-12H2,1-3H3. The average molecular weight is 375 g/mol. The van der Waals surface area contributed by atoms with E-state index in [4.69, 9.17) is 31.1 Å². The minimum absolute atomic E-state index is 0.157. The number of benzene rings is 2. The smallest absolute Gasteiger partial charge is 0.260 e. The molecule has 0 saturated heterocycles. The molecule has 0 spiro atoms. The number of nitriles is 1. The van der Waals surface area contributed by atoms with E-state index in [1.165, 1.54) is 6.07 Å². The number of likely N-dealkylation sites (N-methyl/N-ethyl adjacent to an activating group) is 1. The van der Waals surface area contributed by atoms with Crippen LogP contribution < -0.4 is 14.2 Å². The maximum absolute atomic E-state index is 12.3. The molecule has 0 radical (unpaired) electrons. The van der Waals surface area contributed by atoms with Crippen molar-refractivity contribution in [3.8, 4) is 23.3 Å². The molecular weight excluding hydrogens is 356 g/mol. The first-order valence-corrected chi connectivity index (χ1v) is 8.13. The maximum atomic E-state index is 12.3. The van der Waals surface area contributed by atoms with Crippen LogP contribution in [0.4, 0.5) is 0 Å². The fourth-order valence-corrected chi connectivity index (χ4v) is 2.51. The molecular formula is C19H19ClN2O4. The highest BCUT2D eigenvalue weighted by Gasteiger charge is 2.13. The second-order valence-electron chi connectivity index (χ2n) is 5.48. The first-order valence-electron chi connectivity index (χ1n) is 7.75. The SMILES string of the molecule is COc1ccc(CN(C)C(=O)COc2ccc(C#N)cc2Cl)cc1OC. The van der Waals surface area contributed by atoms with Gasteiger partial charge in [0.15, 0.2) is 18.1 Å². The summed E-state index contributed by atoms with van der Waals surface area (Å²) in [7, 11) is 4.81. The Hall–Kier alpha value is -2.91. The Labute approximate surface area is 157 Å². The van der Waals surface area contributed by atoms with Gasteiger partial charge in [-0.1, -0.05) is 17.7 Å². The van der Waals surface area contributed by atoms with Crippen molar-refractivity contribution in [3.05, 3.63) is 52.5 Å². The lowest BCUT2D eigenvalue weighted by Crippen LogP contribution is -2.31. The average Bonchev–Trinajstić information content (AvgIpc) is 2.66. The van der Waals surface area contributed by atoms with Crippen LogP contribution in [0.2, 0.25) is 5.02 Å². The van der Waals surface area contributed by atoms with Gasteiger partial charge in [-0.2, -0.15) is 5.26 Å². The molecule has 2 rings (SSSR count). The topological polar surface area (TPSA) is 71.8 Å². The lowest BCUT2D eigenvalue weighted by molar-refractivity contribution is -0.132. The van der Waals surface area contributed by atoms with Crippen molar-refractivity contribution in [2.24, 2.45) is 0 Å². The molecule has 0 saturated carbocycles. The summed E-state index contributed by atoms with van der Waals surface area (Å²) in [6.07, 6.45) is 0.